The zero-order valence-electron chi connectivity index (χ0n) is 12.9. The van der Waals surface area contributed by atoms with E-state index >= 15 is 0 Å². The molecule has 0 aliphatic carbocycles. The number of nitrogens with zero attached hydrogens (tertiary/aromatic N) is 3. The largest absolute Gasteiger partial charge is 0.357 e. The van der Waals surface area contributed by atoms with Crippen LogP contribution in [0.3, 0.4) is 0 Å². The maximum absolute atomic E-state index is 4.63. The smallest absolute Gasteiger partial charge is 0.191 e. The van der Waals surface area contributed by atoms with Crippen LogP contribution in [0.4, 0.5) is 0 Å². The molecule has 114 valence electrons. The van der Waals surface area contributed by atoms with Gasteiger partial charge < -0.3 is 15.2 Å². The Hall–Kier alpha value is -1.82. The van der Waals surface area contributed by atoms with Gasteiger partial charge in [0.25, 0.3) is 0 Å². The first-order chi connectivity index (χ1) is 10.2. The summed E-state index contributed by atoms with van der Waals surface area (Å²) in [6.45, 7) is 9.46. The Morgan fingerprint density at radius 1 is 1.29 bits per heavy atom. The number of aliphatic imine (C=N–C) groups is 1. The minimum absolute atomic E-state index is 0.677. The van der Waals surface area contributed by atoms with Crippen LogP contribution in [0, 0.1) is 13.8 Å². The number of rotatable bonds is 6. The molecule has 0 atom stereocenters. The second-order valence-electron chi connectivity index (χ2n) is 4.78. The topological polar surface area (TPSA) is 54.2 Å². The predicted octanol–water partition coefficient (Wildman–Crippen LogP) is 2.32. The Morgan fingerprint density at radius 2 is 2.05 bits per heavy atom. The molecule has 0 saturated carbocycles. The van der Waals surface area contributed by atoms with Crippen molar-refractivity contribution in [3.63, 3.8) is 0 Å². The summed E-state index contributed by atoms with van der Waals surface area (Å²) in [4.78, 5) is 10.3. The molecule has 2 N–H and O–H groups in total. The molecular formula is C15H23N5S. The number of hydrogen-bond acceptors (Lipinski definition) is 3. The number of thiazole rings is 1. The average Bonchev–Trinajstić information content (AvgIpc) is 3.06. The lowest BCUT2D eigenvalue weighted by Gasteiger charge is -2.11. The van der Waals surface area contributed by atoms with Crippen molar-refractivity contribution in [3.8, 4) is 0 Å². The molecule has 0 amide bonds. The summed E-state index contributed by atoms with van der Waals surface area (Å²) in [5.74, 6) is 0.857. The second-order valence-corrected chi connectivity index (χ2v) is 6.07. The number of hydrogen-bond donors (Lipinski definition) is 2. The van der Waals surface area contributed by atoms with Gasteiger partial charge in [0.2, 0.25) is 0 Å². The summed E-state index contributed by atoms with van der Waals surface area (Å²) in [6.07, 6.45) is 4.13. The van der Waals surface area contributed by atoms with E-state index in [2.05, 4.69) is 44.5 Å². The Bertz CT molecular complexity index is 571. The monoisotopic (exact) mass is 305 g/mol. The normalized spacial score (nSPS) is 11.7. The molecule has 0 spiro atoms. The molecule has 0 aromatic carbocycles. The van der Waals surface area contributed by atoms with Gasteiger partial charge in [-0.3, -0.25) is 0 Å². The third kappa shape index (κ3) is 4.90. The van der Waals surface area contributed by atoms with Gasteiger partial charge >= 0.3 is 0 Å². The fraction of sp³-hybridized carbons (Fsp3) is 0.467. The standard InChI is InChI=1S/C15H23N5S/c1-4-16-15(17-7-10-20-8-5-6-9-20)18-11-14-12(2)19-13(3)21-14/h5-6,8-9H,4,7,10-11H2,1-3H3,(H2,16,17,18). The molecule has 0 aliphatic rings. The van der Waals surface area contributed by atoms with Gasteiger partial charge in [-0.15, -0.1) is 11.3 Å². The van der Waals surface area contributed by atoms with Crippen molar-refractivity contribution in [2.24, 2.45) is 4.99 Å². The van der Waals surface area contributed by atoms with Crippen molar-refractivity contribution in [1.29, 1.82) is 0 Å². The van der Waals surface area contributed by atoms with E-state index < -0.39 is 0 Å². The SMILES string of the molecule is CCNC(=NCc1sc(C)nc1C)NCCn1cccc1. The summed E-state index contributed by atoms with van der Waals surface area (Å²) in [7, 11) is 0. The van der Waals surface area contributed by atoms with Crippen molar-refractivity contribution in [2.75, 3.05) is 13.1 Å². The Labute approximate surface area is 130 Å². The van der Waals surface area contributed by atoms with Gasteiger partial charge in [-0.1, -0.05) is 0 Å². The van der Waals surface area contributed by atoms with E-state index in [4.69, 9.17) is 0 Å². The Balaban J connectivity index is 1.88. The minimum Gasteiger partial charge on any atom is -0.357 e. The summed E-state index contributed by atoms with van der Waals surface area (Å²) < 4.78 is 2.15. The van der Waals surface area contributed by atoms with Crippen LogP contribution in [0.1, 0.15) is 22.5 Å². The van der Waals surface area contributed by atoms with Crippen LogP contribution in [-0.2, 0) is 13.1 Å². The molecule has 6 heteroatoms. The highest BCUT2D eigenvalue weighted by atomic mass is 32.1. The molecule has 2 aromatic rings. The zero-order chi connectivity index (χ0) is 15.1. The molecule has 2 aromatic heterocycles. The fourth-order valence-corrected chi connectivity index (χ4v) is 2.90. The third-order valence-corrected chi connectivity index (χ3v) is 4.11. The summed E-state index contributed by atoms with van der Waals surface area (Å²) in [5, 5.41) is 7.73. The fourth-order valence-electron chi connectivity index (χ4n) is 2.04. The molecule has 2 heterocycles. The number of nitrogens with one attached hydrogen (secondary N) is 2. The molecule has 0 fully saturated rings. The van der Waals surface area contributed by atoms with E-state index in [1.165, 1.54) is 4.88 Å². The Morgan fingerprint density at radius 3 is 2.67 bits per heavy atom. The first-order valence-electron chi connectivity index (χ1n) is 7.25. The quantitative estimate of drug-likeness (QED) is 0.636. The first kappa shape index (κ1) is 15.6. The van der Waals surface area contributed by atoms with Gasteiger partial charge in [-0.05, 0) is 32.9 Å². The van der Waals surface area contributed by atoms with E-state index in [1.54, 1.807) is 11.3 Å². The van der Waals surface area contributed by atoms with E-state index in [-0.39, 0.29) is 0 Å². The van der Waals surface area contributed by atoms with E-state index in [1.807, 2.05) is 26.0 Å². The van der Waals surface area contributed by atoms with Crippen LogP contribution in [0.15, 0.2) is 29.5 Å². The summed E-state index contributed by atoms with van der Waals surface area (Å²) in [6, 6.07) is 4.07. The van der Waals surface area contributed by atoms with Gasteiger partial charge in [0.15, 0.2) is 5.96 Å². The highest BCUT2D eigenvalue weighted by molar-refractivity contribution is 7.11. The summed E-state index contributed by atoms with van der Waals surface area (Å²) in [5.41, 5.74) is 1.09. The molecule has 5 nitrogen and oxygen atoms in total. The first-order valence-corrected chi connectivity index (χ1v) is 8.06. The summed E-state index contributed by atoms with van der Waals surface area (Å²) >= 11 is 1.72. The van der Waals surface area contributed by atoms with Crippen LogP contribution < -0.4 is 10.6 Å². The molecule has 0 saturated heterocycles. The van der Waals surface area contributed by atoms with Crippen LogP contribution in [0.5, 0.6) is 0 Å². The van der Waals surface area contributed by atoms with Crippen molar-refractivity contribution >= 4 is 17.3 Å². The van der Waals surface area contributed by atoms with Gasteiger partial charge in [0.1, 0.15) is 0 Å². The molecule has 21 heavy (non-hydrogen) atoms. The zero-order valence-corrected chi connectivity index (χ0v) is 13.7. The second kappa shape index (κ2) is 7.83. The Kier molecular flexibility index (Phi) is 5.80. The van der Waals surface area contributed by atoms with Crippen molar-refractivity contribution < 1.29 is 0 Å². The van der Waals surface area contributed by atoms with E-state index in [9.17, 15) is 0 Å². The maximum Gasteiger partial charge on any atom is 0.191 e. The van der Waals surface area contributed by atoms with Gasteiger partial charge in [0.05, 0.1) is 17.2 Å². The predicted molar refractivity (Wildman–Crippen MR) is 88.8 cm³/mol. The van der Waals surface area contributed by atoms with Crippen LogP contribution in [0.2, 0.25) is 0 Å². The molecular weight excluding hydrogens is 282 g/mol. The number of guanidine groups is 1. The van der Waals surface area contributed by atoms with Gasteiger partial charge in [-0.25, -0.2) is 9.98 Å². The van der Waals surface area contributed by atoms with Crippen molar-refractivity contribution in [2.45, 2.75) is 33.9 Å². The van der Waals surface area contributed by atoms with Gasteiger partial charge in [0, 0.05) is 36.9 Å². The lowest BCUT2D eigenvalue weighted by atomic mass is 10.4. The third-order valence-electron chi connectivity index (χ3n) is 3.05. The van der Waals surface area contributed by atoms with Crippen LogP contribution in [0.25, 0.3) is 0 Å². The lowest BCUT2D eigenvalue weighted by molar-refractivity contribution is 0.666. The number of aryl methyl sites for hydroxylation is 2. The molecule has 0 bridgehead atoms. The van der Waals surface area contributed by atoms with Crippen LogP contribution in [-0.4, -0.2) is 28.6 Å². The molecule has 0 radical (unpaired) electrons. The number of aromatic nitrogens is 2. The highest BCUT2D eigenvalue weighted by Crippen LogP contribution is 2.17. The van der Waals surface area contributed by atoms with E-state index in [0.717, 1.165) is 36.3 Å². The van der Waals surface area contributed by atoms with Crippen molar-refractivity contribution in [1.82, 2.24) is 20.2 Å². The average molecular weight is 305 g/mol. The maximum atomic E-state index is 4.63. The van der Waals surface area contributed by atoms with Gasteiger partial charge in [-0.2, -0.15) is 0 Å². The molecule has 0 aliphatic heterocycles. The minimum atomic E-state index is 0.677. The van der Waals surface area contributed by atoms with E-state index in [0.29, 0.717) is 6.54 Å². The highest BCUT2D eigenvalue weighted by Gasteiger charge is 2.04. The molecule has 0 unspecified atom stereocenters. The molecule has 2 rings (SSSR count). The lowest BCUT2D eigenvalue weighted by Crippen LogP contribution is -2.38. The van der Waals surface area contributed by atoms with Crippen molar-refractivity contribution in [3.05, 3.63) is 40.1 Å². The van der Waals surface area contributed by atoms with Crippen LogP contribution >= 0.6 is 11.3 Å².